The normalized spacial score (nSPS) is 13.1. The van der Waals surface area contributed by atoms with E-state index in [1.54, 1.807) is 0 Å². The molecule has 0 aliphatic rings. The van der Waals surface area contributed by atoms with Crippen LogP contribution in [0.25, 0.3) is 0 Å². The summed E-state index contributed by atoms with van der Waals surface area (Å²) in [4.78, 5) is 1.29. The van der Waals surface area contributed by atoms with Crippen LogP contribution in [0.15, 0.2) is 29.2 Å². The minimum absolute atomic E-state index is 0.0249. The molecule has 1 rings (SSSR count). The Morgan fingerprint density at radius 2 is 1.88 bits per heavy atom. The van der Waals surface area contributed by atoms with Gasteiger partial charge in [0.1, 0.15) is 0 Å². The lowest BCUT2D eigenvalue weighted by molar-refractivity contribution is 0.0683. The lowest BCUT2D eigenvalue weighted by Crippen LogP contribution is -2.19. The first kappa shape index (κ1) is 13.6. The second-order valence-corrected chi connectivity index (χ2v) is 5.33. The molecule has 0 bridgehead atoms. The quantitative estimate of drug-likeness (QED) is 0.774. The highest BCUT2D eigenvalue weighted by atomic mass is 32.2. The first-order valence-electron chi connectivity index (χ1n) is 5.73. The minimum atomic E-state index is -0.0249. The van der Waals surface area contributed by atoms with Crippen molar-refractivity contribution in [3.63, 3.8) is 0 Å². The number of nitrogens with two attached hydrogens (primary N) is 1. The number of hydrogen-bond donors (Lipinski definition) is 1. The van der Waals surface area contributed by atoms with Crippen molar-refractivity contribution in [2.24, 2.45) is 5.73 Å². The molecule has 0 fully saturated rings. The summed E-state index contributed by atoms with van der Waals surface area (Å²) < 4.78 is 5.51. The van der Waals surface area contributed by atoms with E-state index in [0.29, 0.717) is 6.61 Å². The molecule has 0 aliphatic heterocycles. The molecule has 0 saturated carbocycles. The maximum atomic E-state index is 6.04. The fraction of sp³-hybridized carbons (Fsp3) is 0.538. The summed E-state index contributed by atoms with van der Waals surface area (Å²) in [6.45, 7) is 6.78. The Hall–Kier alpha value is -0.510. The van der Waals surface area contributed by atoms with Crippen LogP contribution < -0.4 is 5.73 Å². The summed E-state index contributed by atoms with van der Waals surface area (Å²) in [6, 6.07) is 8.40. The number of ether oxygens (including phenoxy) is 1. The Balaban J connectivity index is 2.52. The van der Waals surface area contributed by atoms with Gasteiger partial charge in [-0.2, -0.15) is 0 Å². The molecule has 0 saturated heterocycles. The zero-order chi connectivity index (χ0) is 12.0. The third-order valence-electron chi connectivity index (χ3n) is 2.23. The van der Waals surface area contributed by atoms with Crippen LogP contribution in [-0.4, -0.2) is 18.5 Å². The molecule has 0 heterocycles. The first-order chi connectivity index (χ1) is 7.63. The van der Waals surface area contributed by atoms with Crippen LogP contribution in [0, 0.1) is 0 Å². The summed E-state index contributed by atoms with van der Waals surface area (Å²) >= 11 is 1.84. The number of thioether (sulfide) groups is 1. The molecule has 0 spiro atoms. The van der Waals surface area contributed by atoms with Crippen molar-refractivity contribution in [3.8, 4) is 0 Å². The van der Waals surface area contributed by atoms with E-state index in [9.17, 15) is 0 Å². The predicted molar refractivity (Wildman–Crippen MR) is 70.9 cm³/mol. The molecule has 1 atom stereocenters. The topological polar surface area (TPSA) is 35.2 Å². The zero-order valence-corrected chi connectivity index (χ0v) is 11.1. The Morgan fingerprint density at radius 3 is 2.38 bits per heavy atom. The molecule has 1 unspecified atom stereocenters. The van der Waals surface area contributed by atoms with Crippen LogP contribution in [0.5, 0.6) is 0 Å². The minimum Gasteiger partial charge on any atom is -0.377 e. The van der Waals surface area contributed by atoms with Crippen LogP contribution in [0.4, 0.5) is 0 Å². The first-order valence-corrected chi connectivity index (χ1v) is 6.72. The van der Waals surface area contributed by atoms with Crippen LogP contribution >= 0.6 is 11.8 Å². The summed E-state index contributed by atoms with van der Waals surface area (Å²) in [6.07, 6.45) is 0.237. The lowest BCUT2D eigenvalue weighted by atomic mass is 10.1. The molecule has 2 nitrogen and oxygen atoms in total. The highest BCUT2D eigenvalue weighted by Crippen LogP contribution is 2.20. The van der Waals surface area contributed by atoms with Crippen molar-refractivity contribution in [2.75, 3.05) is 12.4 Å². The van der Waals surface area contributed by atoms with Crippen molar-refractivity contribution in [1.29, 1.82) is 0 Å². The standard InChI is InChI=1S/C13H21NOS/c1-4-16-12-7-5-11(6-8-12)13(14)9-15-10(2)3/h5-8,10,13H,4,9,14H2,1-3H3. The van der Waals surface area contributed by atoms with E-state index < -0.39 is 0 Å². The van der Waals surface area contributed by atoms with Gasteiger partial charge < -0.3 is 10.5 Å². The molecule has 1 aromatic rings. The Labute approximate surface area is 103 Å². The summed E-state index contributed by atoms with van der Waals surface area (Å²) in [5.41, 5.74) is 7.18. The lowest BCUT2D eigenvalue weighted by Gasteiger charge is -2.15. The molecular weight excluding hydrogens is 218 g/mol. The molecule has 0 radical (unpaired) electrons. The summed E-state index contributed by atoms with van der Waals surface area (Å²) in [5, 5.41) is 0. The van der Waals surface area contributed by atoms with Crippen molar-refractivity contribution in [1.82, 2.24) is 0 Å². The molecule has 1 aromatic carbocycles. The summed E-state index contributed by atoms with van der Waals surface area (Å²) in [5.74, 6) is 1.10. The maximum absolute atomic E-state index is 6.04. The highest BCUT2D eigenvalue weighted by molar-refractivity contribution is 7.99. The van der Waals surface area contributed by atoms with E-state index >= 15 is 0 Å². The van der Waals surface area contributed by atoms with Gasteiger partial charge in [0, 0.05) is 4.90 Å². The number of rotatable bonds is 6. The van der Waals surface area contributed by atoms with Crippen molar-refractivity contribution in [2.45, 2.75) is 37.8 Å². The number of benzene rings is 1. The van der Waals surface area contributed by atoms with Crippen LogP contribution in [0.1, 0.15) is 32.4 Å². The van der Waals surface area contributed by atoms with Gasteiger partial charge in [0.05, 0.1) is 18.8 Å². The molecular formula is C13H21NOS. The van der Waals surface area contributed by atoms with Gasteiger partial charge >= 0.3 is 0 Å². The highest BCUT2D eigenvalue weighted by Gasteiger charge is 2.07. The van der Waals surface area contributed by atoms with E-state index in [4.69, 9.17) is 10.5 Å². The summed E-state index contributed by atoms with van der Waals surface area (Å²) in [7, 11) is 0. The predicted octanol–water partition coefficient (Wildman–Crippen LogP) is 3.22. The second-order valence-electron chi connectivity index (χ2n) is 3.99. The smallest absolute Gasteiger partial charge is 0.0662 e. The monoisotopic (exact) mass is 239 g/mol. The van der Waals surface area contributed by atoms with Crippen molar-refractivity contribution < 1.29 is 4.74 Å². The van der Waals surface area contributed by atoms with Gasteiger partial charge in [-0.1, -0.05) is 19.1 Å². The van der Waals surface area contributed by atoms with Gasteiger partial charge in [0.2, 0.25) is 0 Å². The van der Waals surface area contributed by atoms with Gasteiger partial charge in [0.15, 0.2) is 0 Å². The van der Waals surface area contributed by atoms with Crippen LogP contribution in [0.3, 0.4) is 0 Å². The molecule has 0 aromatic heterocycles. The maximum Gasteiger partial charge on any atom is 0.0662 e. The van der Waals surface area contributed by atoms with Gasteiger partial charge in [0.25, 0.3) is 0 Å². The van der Waals surface area contributed by atoms with E-state index in [-0.39, 0.29) is 12.1 Å². The molecule has 0 amide bonds. The molecule has 2 N–H and O–H groups in total. The average molecular weight is 239 g/mol. The second kappa shape index (κ2) is 6.94. The van der Waals surface area contributed by atoms with Crippen molar-refractivity contribution in [3.05, 3.63) is 29.8 Å². The van der Waals surface area contributed by atoms with Crippen LogP contribution in [-0.2, 0) is 4.74 Å². The third kappa shape index (κ3) is 4.56. The van der Waals surface area contributed by atoms with Gasteiger partial charge in [-0.25, -0.2) is 0 Å². The van der Waals surface area contributed by atoms with E-state index in [0.717, 1.165) is 11.3 Å². The SMILES string of the molecule is CCSc1ccc(C(N)COC(C)C)cc1. The van der Waals surface area contributed by atoms with E-state index in [1.807, 2.05) is 25.6 Å². The largest absolute Gasteiger partial charge is 0.377 e. The van der Waals surface area contributed by atoms with Gasteiger partial charge in [-0.05, 0) is 37.3 Å². The fourth-order valence-electron chi connectivity index (χ4n) is 1.37. The molecule has 3 heteroatoms. The number of hydrogen-bond acceptors (Lipinski definition) is 3. The van der Waals surface area contributed by atoms with Crippen molar-refractivity contribution >= 4 is 11.8 Å². The molecule has 16 heavy (non-hydrogen) atoms. The Morgan fingerprint density at radius 1 is 1.25 bits per heavy atom. The van der Waals surface area contributed by atoms with Gasteiger partial charge in [-0.15, -0.1) is 11.8 Å². The molecule has 0 aliphatic carbocycles. The third-order valence-corrected chi connectivity index (χ3v) is 3.12. The Kier molecular flexibility index (Phi) is 5.88. The fourth-order valence-corrected chi connectivity index (χ4v) is 2.03. The van der Waals surface area contributed by atoms with Gasteiger partial charge in [-0.3, -0.25) is 0 Å². The Bertz CT molecular complexity index is 297. The zero-order valence-electron chi connectivity index (χ0n) is 10.3. The van der Waals surface area contributed by atoms with Crippen LogP contribution in [0.2, 0.25) is 0 Å². The average Bonchev–Trinajstić information content (AvgIpc) is 2.27. The van der Waals surface area contributed by atoms with E-state index in [2.05, 4.69) is 31.2 Å². The molecule has 90 valence electrons. The van der Waals surface area contributed by atoms with E-state index in [1.165, 1.54) is 4.90 Å².